The molecule has 2 aliphatic rings. The Morgan fingerprint density at radius 3 is 2.40 bits per heavy atom. The van der Waals surface area contributed by atoms with Crippen LogP contribution in [0.25, 0.3) is 0 Å². The normalized spacial score (nSPS) is 20.2. The van der Waals surface area contributed by atoms with Gasteiger partial charge in [-0.15, -0.1) is 0 Å². The molecule has 0 bridgehead atoms. The molecule has 1 saturated carbocycles. The van der Waals surface area contributed by atoms with Crippen LogP contribution in [-0.4, -0.2) is 68.1 Å². The van der Waals surface area contributed by atoms with E-state index in [-0.39, 0.29) is 5.91 Å². The number of piperazine rings is 1. The summed E-state index contributed by atoms with van der Waals surface area (Å²) in [5, 5.41) is 3.15. The van der Waals surface area contributed by atoms with Gasteiger partial charge in [-0.05, 0) is 49.8 Å². The topological polar surface area (TPSA) is 44.8 Å². The summed E-state index contributed by atoms with van der Waals surface area (Å²) in [4.78, 5) is 16.9. The van der Waals surface area contributed by atoms with Gasteiger partial charge in [0, 0.05) is 38.8 Å². The monoisotopic (exact) mass is 345 g/mol. The van der Waals surface area contributed by atoms with E-state index < -0.39 is 0 Å². The Balaban J connectivity index is 1.33. The Morgan fingerprint density at radius 1 is 1.16 bits per heavy atom. The first-order chi connectivity index (χ1) is 12.1. The number of rotatable bonds is 8. The highest BCUT2D eigenvalue weighted by molar-refractivity contribution is 5.78. The Labute approximate surface area is 151 Å². The Bertz CT molecular complexity index is 549. The van der Waals surface area contributed by atoms with E-state index >= 15 is 0 Å². The first-order valence-electron chi connectivity index (χ1n) is 9.51. The molecule has 1 amide bonds. The van der Waals surface area contributed by atoms with Crippen molar-refractivity contribution < 1.29 is 9.53 Å². The number of nitrogens with one attached hydrogen (secondary N) is 1. The zero-order chi connectivity index (χ0) is 17.6. The maximum absolute atomic E-state index is 12.1. The summed E-state index contributed by atoms with van der Waals surface area (Å²) in [7, 11) is 1.70. The van der Waals surface area contributed by atoms with E-state index in [0.717, 1.165) is 50.8 Å². The van der Waals surface area contributed by atoms with Crippen LogP contribution in [0.3, 0.4) is 0 Å². The average molecular weight is 345 g/mol. The van der Waals surface area contributed by atoms with Gasteiger partial charge in [-0.2, -0.15) is 0 Å². The van der Waals surface area contributed by atoms with Gasteiger partial charge in [0.25, 0.3) is 0 Å². The van der Waals surface area contributed by atoms with Crippen molar-refractivity contribution in [3.05, 3.63) is 29.8 Å². The highest BCUT2D eigenvalue weighted by Crippen LogP contribution is 2.32. The lowest BCUT2D eigenvalue weighted by molar-refractivity contribution is -0.123. The van der Waals surface area contributed by atoms with Crippen LogP contribution in [0.1, 0.15) is 25.3 Å². The first kappa shape index (κ1) is 18.2. The summed E-state index contributed by atoms with van der Waals surface area (Å²) < 4.78 is 5.20. The van der Waals surface area contributed by atoms with E-state index in [1.807, 2.05) is 12.1 Å². The van der Waals surface area contributed by atoms with E-state index in [9.17, 15) is 4.79 Å². The third kappa shape index (κ3) is 5.72. The lowest BCUT2D eigenvalue weighted by Crippen LogP contribution is -2.50. The number of benzene rings is 1. The molecule has 0 aromatic heterocycles. The predicted octanol–water partition coefficient (Wildman–Crippen LogP) is 1.77. The molecule has 138 valence electrons. The summed E-state index contributed by atoms with van der Waals surface area (Å²) in [5.41, 5.74) is 1.34. The van der Waals surface area contributed by atoms with Crippen molar-refractivity contribution in [3.8, 4) is 5.75 Å². The summed E-state index contributed by atoms with van der Waals surface area (Å²) in [5.74, 6) is 1.82. The molecule has 1 aliphatic carbocycles. The summed E-state index contributed by atoms with van der Waals surface area (Å²) >= 11 is 0. The molecule has 0 radical (unpaired) electrons. The van der Waals surface area contributed by atoms with Gasteiger partial charge in [0.2, 0.25) is 5.91 Å². The van der Waals surface area contributed by atoms with Crippen LogP contribution >= 0.6 is 0 Å². The molecule has 1 unspecified atom stereocenters. The molecule has 1 aliphatic heterocycles. The Hall–Kier alpha value is -1.59. The van der Waals surface area contributed by atoms with Crippen LogP contribution in [-0.2, 0) is 11.2 Å². The molecule has 1 aromatic carbocycles. The van der Waals surface area contributed by atoms with E-state index in [0.29, 0.717) is 12.6 Å². The van der Waals surface area contributed by atoms with Crippen LogP contribution in [0, 0.1) is 5.92 Å². The maximum Gasteiger partial charge on any atom is 0.234 e. The molecule has 25 heavy (non-hydrogen) atoms. The molecular weight excluding hydrogens is 314 g/mol. The predicted molar refractivity (Wildman–Crippen MR) is 99.9 cm³/mol. The molecule has 1 N–H and O–H groups in total. The van der Waals surface area contributed by atoms with Gasteiger partial charge in [-0.25, -0.2) is 0 Å². The van der Waals surface area contributed by atoms with Gasteiger partial charge in [0.1, 0.15) is 5.75 Å². The molecular formula is C20H31N3O2. The molecule has 1 saturated heterocycles. The van der Waals surface area contributed by atoms with E-state index in [1.54, 1.807) is 7.11 Å². The minimum atomic E-state index is 0.186. The van der Waals surface area contributed by atoms with Gasteiger partial charge >= 0.3 is 0 Å². The van der Waals surface area contributed by atoms with Gasteiger partial charge in [-0.3, -0.25) is 9.69 Å². The fourth-order valence-corrected chi connectivity index (χ4v) is 3.47. The maximum atomic E-state index is 12.1. The Morgan fingerprint density at radius 2 is 1.80 bits per heavy atom. The first-order valence-corrected chi connectivity index (χ1v) is 9.51. The van der Waals surface area contributed by atoms with E-state index in [4.69, 9.17) is 4.74 Å². The fraction of sp³-hybridized carbons (Fsp3) is 0.650. The molecule has 1 aromatic rings. The van der Waals surface area contributed by atoms with E-state index in [1.165, 1.54) is 18.4 Å². The highest BCUT2D eigenvalue weighted by Gasteiger charge is 2.29. The Kier molecular flexibility index (Phi) is 6.32. The van der Waals surface area contributed by atoms with Crippen LogP contribution < -0.4 is 10.1 Å². The van der Waals surface area contributed by atoms with Crippen molar-refractivity contribution in [3.63, 3.8) is 0 Å². The number of ether oxygens (including phenoxy) is 1. The fourth-order valence-electron chi connectivity index (χ4n) is 3.47. The second-order valence-electron chi connectivity index (χ2n) is 7.41. The number of hydrogen-bond donors (Lipinski definition) is 1. The second kappa shape index (κ2) is 8.68. The molecule has 5 heteroatoms. The van der Waals surface area contributed by atoms with Crippen LogP contribution in [0.15, 0.2) is 24.3 Å². The minimum absolute atomic E-state index is 0.186. The number of amides is 1. The van der Waals surface area contributed by atoms with Crippen molar-refractivity contribution in [2.45, 2.75) is 32.2 Å². The SMILES string of the molecule is COc1ccc(CCN2CCN(CC(=O)NC(C)C3CC3)CC2)cc1. The van der Waals surface area contributed by atoms with Crippen LogP contribution in [0.2, 0.25) is 0 Å². The van der Waals surface area contributed by atoms with Crippen molar-refractivity contribution >= 4 is 5.91 Å². The van der Waals surface area contributed by atoms with E-state index in [2.05, 4.69) is 34.2 Å². The number of hydrogen-bond acceptors (Lipinski definition) is 4. The summed E-state index contributed by atoms with van der Waals surface area (Å²) in [6.07, 6.45) is 3.60. The van der Waals surface area contributed by atoms with Gasteiger partial charge < -0.3 is 15.0 Å². The molecule has 3 rings (SSSR count). The molecule has 1 heterocycles. The molecule has 1 atom stereocenters. The number of carbonyl (C=O) groups is 1. The smallest absolute Gasteiger partial charge is 0.234 e. The lowest BCUT2D eigenvalue weighted by Gasteiger charge is -2.34. The van der Waals surface area contributed by atoms with Crippen molar-refractivity contribution in [1.29, 1.82) is 0 Å². The second-order valence-corrected chi connectivity index (χ2v) is 7.41. The quantitative estimate of drug-likeness (QED) is 0.780. The summed E-state index contributed by atoms with van der Waals surface area (Å²) in [6, 6.07) is 8.67. The lowest BCUT2D eigenvalue weighted by atomic mass is 10.1. The third-order valence-electron chi connectivity index (χ3n) is 5.43. The van der Waals surface area contributed by atoms with Gasteiger partial charge in [0.15, 0.2) is 0 Å². The van der Waals surface area contributed by atoms with Crippen molar-refractivity contribution in [2.24, 2.45) is 5.92 Å². The highest BCUT2D eigenvalue weighted by atomic mass is 16.5. The molecule has 5 nitrogen and oxygen atoms in total. The zero-order valence-corrected chi connectivity index (χ0v) is 15.5. The van der Waals surface area contributed by atoms with Crippen LogP contribution in [0.5, 0.6) is 5.75 Å². The molecule has 2 fully saturated rings. The van der Waals surface area contributed by atoms with Crippen molar-refractivity contribution in [1.82, 2.24) is 15.1 Å². The summed E-state index contributed by atoms with van der Waals surface area (Å²) in [6.45, 7) is 7.80. The number of carbonyl (C=O) groups excluding carboxylic acids is 1. The van der Waals surface area contributed by atoms with Crippen molar-refractivity contribution in [2.75, 3.05) is 46.4 Å². The number of nitrogens with zero attached hydrogens (tertiary/aromatic N) is 2. The van der Waals surface area contributed by atoms with Gasteiger partial charge in [-0.1, -0.05) is 12.1 Å². The average Bonchev–Trinajstić information content (AvgIpc) is 3.47. The third-order valence-corrected chi connectivity index (χ3v) is 5.43. The standard InChI is InChI=1S/C20H31N3O2/c1-16(18-5-6-18)21-20(24)15-23-13-11-22(12-14-23)10-9-17-3-7-19(25-2)8-4-17/h3-4,7-8,16,18H,5-6,9-15H2,1-2H3,(H,21,24). The van der Waals surface area contributed by atoms with Gasteiger partial charge in [0.05, 0.1) is 13.7 Å². The largest absolute Gasteiger partial charge is 0.497 e. The number of methoxy groups -OCH3 is 1. The zero-order valence-electron chi connectivity index (χ0n) is 15.5. The molecule has 0 spiro atoms. The van der Waals surface area contributed by atoms with Crippen LogP contribution in [0.4, 0.5) is 0 Å². The minimum Gasteiger partial charge on any atom is -0.497 e.